The lowest BCUT2D eigenvalue weighted by Gasteiger charge is -2.32. The molecule has 1 aromatic heterocycles. The summed E-state index contributed by atoms with van der Waals surface area (Å²) < 4.78 is 0. The number of nitrogens with one attached hydrogen (secondary N) is 1. The van der Waals surface area contributed by atoms with Gasteiger partial charge in [-0.1, -0.05) is 6.92 Å². The molecule has 78 valence electrons. The van der Waals surface area contributed by atoms with E-state index in [1.165, 1.54) is 12.1 Å². The third-order valence-corrected chi connectivity index (χ3v) is 3.34. The second-order valence-electron chi connectivity index (χ2n) is 3.77. The molecule has 1 N–H and O–H groups in total. The first-order valence-electron chi connectivity index (χ1n) is 5.21. The number of piperazine rings is 1. The summed E-state index contributed by atoms with van der Waals surface area (Å²) in [5, 5.41) is 5.66. The second-order valence-corrected chi connectivity index (χ2v) is 4.49. The van der Waals surface area contributed by atoms with Gasteiger partial charge in [0.25, 0.3) is 0 Å². The largest absolute Gasteiger partial charge is 0.311 e. The van der Waals surface area contributed by atoms with E-state index in [4.69, 9.17) is 0 Å². The zero-order chi connectivity index (χ0) is 9.80. The second kappa shape index (κ2) is 4.87. The summed E-state index contributed by atoms with van der Waals surface area (Å²) in [4.78, 5) is 6.80. The van der Waals surface area contributed by atoms with Crippen molar-refractivity contribution in [2.24, 2.45) is 0 Å². The topological polar surface area (TPSA) is 28.2 Å². The zero-order valence-corrected chi connectivity index (χ0v) is 9.39. The Morgan fingerprint density at radius 3 is 3.36 bits per heavy atom. The summed E-state index contributed by atoms with van der Waals surface area (Å²) >= 11 is 1.68. The van der Waals surface area contributed by atoms with E-state index >= 15 is 0 Å². The minimum absolute atomic E-state index is 0.669. The van der Waals surface area contributed by atoms with E-state index in [2.05, 4.69) is 27.5 Å². The van der Waals surface area contributed by atoms with Crippen LogP contribution in [0.15, 0.2) is 10.9 Å². The molecule has 0 spiro atoms. The third-order valence-electron chi connectivity index (χ3n) is 2.70. The molecular formula is C10H17N3S. The smallest absolute Gasteiger partial charge is 0.0795 e. The fourth-order valence-corrected chi connectivity index (χ4v) is 2.41. The molecule has 0 saturated carbocycles. The highest BCUT2D eigenvalue weighted by Crippen LogP contribution is 2.08. The maximum Gasteiger partial charge on any atom is 0.0795 e. The Labute approximate surface area is 89.1 Å². The Balaban J connectivity index is 1.86. The summed E-state index contributed by atoms with van der Waals surface area (Å²) in [6.45, 7) is 6.68. The Kier molecular flexibility index (Phi) is 3.50. The number of hydrogen-bond donors (Lipinski definition) is 1. The van der Waals surface area contributed by atoms with Crippen molar-refractivity contribution >= 4 is 11.3 Å². The van der Waals surface area contributed by atoms with Gasteiger partial charge in [0.05, 0.1) is 11.2 Å². The molecule has 0 aromatic carbocycles. The van der Waals surface area contributed by atoms with E-state index in [0.29, 0.717) is 6.04 Å². The number of rotatable bonds is 3. The number of aromatic nitrogens is 1. The van der Waals surface area contributed by atoms with E-state index in [0.717, 1.165) is 26.2 Å². The van der Waals surface area contributed by atoms with Crippen LogP contribution in [0, 0.1) is 0 Å². The summed E-state index contributed by atoms with van der Waals surface area (Å²) in [5.74, 6) is 0. The van der Waals surface area contributed by atoms with Crippen molar-refractivity contribution in [3.8, 4) is 0 Å². The molecule has 0 bridgehead atoms. The Morgan fingerprint density at radius 2 is 2.64 bits per heavy atom. The van der Waals surface area contributed by atoms with E-state index < -0.39 is 0 Å². The summed E-state index contributed by atoms with van der Waals surface area (Å²) in [7, 11) is 0. The molecule has 0 aliphatic carbocycles. The molecule has 1 unspecified atom stereocenters. The SMILES string of the molecule is CCC1CN(Cc2cscn2)CCN1. The normalized spacial score (nSPS) is 23.9. The monoisotopic (exact) mass is 211 g/mol. The van der Waals surface area contributed by atoms with Gasteiger partial charge in [0, 0.05) is 37.6 Å². The summed E-state index contributed by atoms with van der Waals surface area (Å²) in [6.07, 6.45) is 1.22. The van der Waals surface area contributed by atoms with Crippen LogP contribution in [-0.4, -0.2) is 35.6 Å². The molecule has 4 heteroatoms. The van der Waals surface area contributed by atoms with Gasteiger partial charge in [-0.05, 0) is 6.42 Å². The van der Waals surface area contributed by atoms with Gasteiger partial charge in [-0.3, -0.25) is 4.90 Å². The Morgan fingerprint density at radius 1 is 1.71 bits per heavy atom. The standard InChI is InChI=1S/C10H17N3S/c1-2-9-5-13(4-3-11-9)6-10-7-14-8-12-10/h7-9,11H,2-6H2,1H3. The van der Waals surface area contributed by atoms with E-state index in [1.54, 1.807) is 11.3 Å². The first-order chi connectivity index (χ1) is 6.88. The molecule has 14 heavy (non-hydrogen) atoms. The fourth-order valence-electron chi connectivity index (χ4n) is 1.86. The predicted molar refractivity (Wildman–Crippen MR) is 59.5 cm³/mol. The van der Waals surface area contributed by atoms with E-state index in [1.807, 2.05) is 5.51 Å². The molecule has 0 radical (unpaired) electrons. The lowest BCUT2D eigenvalue weighted by atomic mass is 10.1. The molecule has 1 aromatic rings. The van der Waals surface area contributed by atoms with Gasteiger partial charge in [0.15, 0.2) is 0 Å². The average molecular weight is 211 g/mol. The highest BCUT2D eigenvalue weighted by atomic mass is 32.1. The van der Waals surface area contributed by atoms with Crippen LogP contribution in [0.25, 0.3) is 0 Å². The van der Waals surface area contributed by atoms with Crippen molar-refractivity contribution in [3.05, 3.63) is 16.6 Å². The Hall–Kier alpha value is -0.450. The quantitative estimate of drug-likeness (QED) is 0.817. The molecule has 1 atom stereocenters. The molecule has 1 aliphatic rings. The van der Waals surface area contributed by atoms with Crippen molar-refractivity contribution in [1.82, 2.24) is 15.2 Å². The zero-order valence-electron chi connectivity index (χ0n) is 8.57. The molecule has 0 amide bonds. The maximum atomic E-state index is 4.32. The minimum atomic E-state index is 0.669. The lowest BCUT2D eigenvalue weighted by molar-refractivity contribution is 0.188. The third kappa shape index (κ3) is 2.53. The molecule has 2 heterocycles. The van der Waals surface area contributed by atoms with Gasteiger partial charge in [0.1, 0.15) is 0 Å². The fraction of sp³-hybridized carbons (Fsp3) is 0.700. The summed E-state index contributed by atoms with van der Waals surface area (Å²) in [6, 6.07) is 0.669. The number of nitrogens with zero attached hydrogens (tertiary/aromatic N) is 2. The predicted octanol–water partition coefficient (Wildman–Crippen LogP) is 1.33. The van der Waals surface area contributed by atoms with Crippen molar-refractivity contribution in [3.63, 3.8) is 0 Å². The highest BCUT2D eigenvalue weighted by Gasteiger charge is 2.17. The van der Waals surface area contributed by atoms with Crippen molar-refractivity contribution in [2.45, 2.75) is 25.9 Å². The molecule has 1 aliphatic heterocycles. The van der Waals surface area contributed by atoms with Crippen LogP contribution in [0.2, 0.25) is 0 Å². The van der Waals surface area contributed by atoms with Crippen molar-refractivity contribution < 1.29 is 0 Å². The molecule has 3 nitrogen and oxygen atoms in total. The van der Waals surface area contributed by atoms with E-state index in [-0.39, 0.29) is 0 Å². The number of hydrogen-bond acceptors (Lipinski definition) is 4. The first kappa shape index (κ1) is 10.1. The van der Waals surface area contributed by atoms with Gasteiger partial charge >= 0.3 is 0 Å². The van der Waals surface area contributed by atoms with Crippen molar-refractivity contribution in [1.29, 1.82) is 0 Å². The van der Waals surface area contributed by atoms with Crippen LogP contribution in [0.5, 0.6) is 0 Å². The van der Waals surface area contributed by atoms with Crippen LogP contribution in [0.4, 0.5) is 0 Å². The maximum absolute atomic E-state index is 4.32. The van der Waals surface area contributed by atoms with Gasteiger partial charge in [-0.25, -0.2) is 4.98 Å². The van der Waals surface area contributed by atoms with E-state index in [9.17, 15) is 0 Å². The van der Waals surface area contributed by atoms with Gasteiger partial charge in [-0.2, -0.15) is 0 Å². The van der Waals surface area contributed by atoms with Gasteiger partial charge in [-0.15, -0.1) is 11.3 Å². The first-order valence-corrected chi connectivity index (χ1v) is 6.15. The Bertz CT molecular complexity index is 260. The summed E-state index contributed by atoms with van der Waals surface area (Å²) in [5.41, 5.74) is 3.13. The van der Waals surface area contributed by atoms with Crippen LogP contribution < -0.4 is 5.32 Å². The minimum Gasteiger partial charge on any atom is -0.311 e. The van der Waals surface area contributed by atoms with Gasteiger partial charge < -0.3 is 5.32 Å². The lowest BCUT2D eigenvalue weighted by Crippen LogP contribution is -2.49. The van der Waals surface area contributed by atoms with Crippen LogP contribution in [0.3, 0.4) is 0 Å². The van der Waals surface area contributed by atoms with Crippen LogP contribution >= 0.6 is 11.3 Å². The average Bonchev–Trinajstić information content (AvgIpc) is 2.71. The number of thiazole rings is 1. The molecule has 1 fully saturated rings. The molecule has 1 saturated heterocycles. The van der Waals surface area contributed by atoms with Crippen molar-refractivity contribution in [2.75, 3.05) is 19.6 Å². The highest BCUT2D eigenvalue weighted by molar-refractivity contribution is 7.07. The molecular weight excluding hydrogens is 194 g/mol. The van der Waals surface area contributed by atoms with Gasteiger partial charge in [0.2, 0.25) is 0 Å². The van der Waals surface area contributed by atoms with Crippen LogP contribution in [-0.2, 0) is 6.54 Å². The van der Waals surface area contributed by atoms with Crippen LogP contribution in [0.1, 0.15) is 19.0 Å². The molecule has 2 rings (SSSR count).